The van der Waals surface area contributed by atoms with Crippen LogP contribution in [-0.4, -0.2) is 37.0 Å². The van der Waals surface area contributed by atoms with Crippen molar-refractivity contribution in [3.05, 3.63) is 54.2 Å². The molecular weight excluding hydrogens is 323 g/mol. The zero-order valence-corrected chi connectivity index (χ0v) is 13.5. The SMILES string of the molecule is Nc1ncnc2c1ccn2[C@@H]1C[C@H](Cc2ccc(F)cc2)[C@@H](O)[C@H]1O. The first kappa shape index (κ1) is 16.0. The van der Waals surface area contributed by atoms with E-state index in [-0.39, 0.29) is 17.8 Å². The number of aromatic nitrogens is 3. The van der Waals surface area contributed by atoms with Gasteiger partial charge >= 0.3 is 0 Å². The van der Waals surface area contributed by atoms with Gasteiger partial charge in [-0.2, -0.15) is 0 Å². The van der Waals surface area contributed by atoms with Gasteiger partial charge in [0, 0.05) is 6.20 Å². The largest absolute Gasteiger partial charge is 0.390 e. The number of halogens is 1. The Kier molecular flexibility index (Phi) is 3.89. The molecule has 0 radical (unpaired) electrons. The first-order valence-electron chi connectivity index (χ1n) is 8.22. The third kappa shape index (κ3) is 2.75. The fourth-order valence-electron chi connectivity index (χ4n) is 3.76. The molecule has 4 atom stereocenters. The van der Waals surface area contributed by atoms with Crippen molar-refractivity contribution in [3.63, 3.8) is 0 Å². The highest BCUT2D eigenvalue weighted by atomic mass is 19.1. The van der Waals surface area contributed by atoms with Crippen molar-refractivity contribution < 1.29 is 14.6 Å². The number of hydrogen-bond acceptors (Lipinski definition) is 5. The molecule has 0 spiro atoms. The molecule has 4 rings (SSSR count). The minimum atomic E-state index is -0.905. The summed E-state index contributed by atoms with van der Waals surface area (Å²) in [6.45, 7) is 0. The standard InChI is InChI=1S/C18H19FN4O2/c19-12-3-1-10(2-4-12)7-11-8-14(16(25)15(11)24)23-6-5-13-17(20)21-9-22-18(13)23/h1-6,9,11,14-16,24-25H,7-8H2,(H2,20,21,22)/t11-,14+,15+,16-/m0/s1. The molecule has 0 saturated heterocycles. The van der Waals surface area contributed by atoms with E-state index in [0.29, 0.717) is 24.3 Å². The van der Waals surface area contributed by atoms with Crippen LogP contribution >= 0.6 is 0 Å². The number of aliphatic hydroxyl groups is 2. The number of nitrogen functional groups attached to an aromatic ring is 1. The molecule has 25 heavy (non-hydrogen) atoms. The lowest BCUT2D eigenvalue weighted by atomic mass is 9.96. The van der Waals surface area contributed by atoms with Crippen LogP contribution in [0.3, 0.4) is 0 Å². The third-order valence-corrected chi connectivity index (χ3v) is 5.08. The van der Waals surface area contributed by atoms with E-state index in [9.17, 15) is 14.6 Å². The van der Waals surface area contributed by atoms with Crippen molar-refractivity contribution in [1.29, 1.82) is 0 Å². The summed E-state index contributed by atoms with van der Waals surface area (Å²) in [5.74, 6) is -0.0218. The second kappa shape index (κ2) is 6.09. The summed E-state index contributed by atoms with van der Waals surface area (Å²) >= 11 is 0. The van der Waals surface area contributed by atoms with E-state index in [1.807, 2.05) is 16.8 Å². The van der Waals surface area contributed by atoms with Crippen molar-refractivity contribution in [2.45, 2.75) is 31.1 Å². The van der Waals surface area contributed by atoms with E-state index in [2.05, 4.69) is 9.97 Å². The van der Waals surface area contributed by atoms with Crippen molar-refractivity contribution in [2.75, 3.05) is 5.73 Å². The summed E-state index contributed by atoms with van der Waals surface area (Å²) in [6.07, 6.45) is 2.61. The van der Waals surface area contributed by atoms with Crippen LogP contribution < -0.4 is 5.73 Å². The Hall–Kier alpha value is -2.51. The average Bonchev–Trinajstić information content (AvgIpc) is 3.14. The van der Waals surface area contributed by atoms with Gasteiger partial charge in [-0.3, -0.25) is 0 Å². The molecule has 0 unspecified atom stereocenters. The van der Waals surface area contributed by atoms with E-state index in [1.54, 1.807) is 12.1 Å². The van der Waals surface area contributed by atoms with Crippen LogP contribution in [0.15, 0.2) is 42.9 Å². The maximum absolute atomic E-state index is 13.1. The number of benzene rings is 1. The first-order chi connectivity index (χ1) is 12.0. The summed E-state index contributed by atoms with van der Waals surface area (Å²) < 4.78 is 14.9. The predicted octanol–water partition coefficient (Wildman–Crippen LogP) is 1.68. The Balaban J connectivity index is 1.61. The number of nitrogens with zero attached hydrogens (tertiary/aromatic N) is 3. The maximum atomic E-state index is 13.1. The second-order valence-electron chi connectivity index (χ2n) is 6.59. The normalized spacial score (nSPS) is 26.4. The van der Waals surface area contributed by atoms with E-state index < -0.39 is 12.2 Å². The summed E-state index contributed by atoms with van der Waals surface area (Å²) in [6, 6.07) is 7.75. The van der Waals surface area contributed by atoms with Crippen molar-refractivity contribution in [2.24, 2.45) is 5.92 Å². The molecule has 4 N–H and O–H groups in total. The van der Waals surface area contributed by atoms with Crippen LogP contribution in [0.25, 0.3) is 11.0 Å². The zero-order valence-electron chi connectivity index (χ0n) is 13.5. The first-order valence-corrected chi connectivity index (χ1v) is 8.22. The Morgan fingerprint density at radius 3 is 2.64 bits per heavy atom. The van der Waals surface area contributed by atoms with Gasteiger partial charge in [0.05, 0.1) is 17.5 Å². The summed E-state index contributed by atoms with van der Waals surface area (Å²) in [5.41, 5.74) is 7.44. The van der Waals surface area contributed by atoms with Gasteiger partial charge in [-0.05, 0) is 42.5 Å². The van der Waals surface area contributed by atoms with Crippen molar-refractivity contribution in [3.8, 4) is 0 Å². The van der Waals surface area contributed by atoms with Crippen LogP contribution in [0.2, 0.25) is 0 Å². The quantitative estimate of drug-likeness (QED) is 0.673. The molecule has 6 nitrogen and oxygen atoms in total. The Labute approximate surface area is 143 Å². The molecule has 1 fully saturated rings. The van der Waals surface area contributed by atoms with Crippen LogP contribution in [0, 0.1) is 11.7 Å². The highest BCUT2D eigenvalue weighted by Crippen LogP contribution is 2.39. The Morgan fingerprint density at radius 2 is 1.88 bits per heavy atom. The lowest BCUT2D eigenvalue weighted by molar-refractivity contribution is 0.00683. The van der Waals surface area contributed by atoms with E-state index >= 15 is 0 Å². The molecule has 0 bridgehead atoms. The predicted molar refractivity (Wildman–Crippen MR) is 91.2 cm³/mol. The van der Waals surface area contributed by atoms with E-state index in [0.717, 1.165) is 10.9 Å². The zero-order chi connectivity index (χ0) is 17.6. The van der Waals surface area contributed by atoms with Gasteiger partial charge in [-0.25, -0.2) is 14.4 Å². The van der Waals surface area contributed by atoms with Gasteiger partial charge in [-0.1, -0.05) is 12.1 Å². The summed E-state index contributed by atoms with van der Waals surface area (Å²) in [7, 11) is 0. The van der Waals surface area contributed by atoms with Gasteiger partial charge < -0.3 is 20.5 Å². The van der Waals surface area contributed by atoms with Gasteiger partial charge in [0.1, 0.15) is 29.7 Å². The van der Waals surface area contributed by atoms with Crippen LogP contribution in [0.1, 0.15) is 18.0 Å². The van der Waals surface area contributed by atoms with Crippen LogP contribution in [-0.2, 0) is 6.42 Å². The third-order valence-electron chi connectivity index (χ3n) is 5.08. The molecular formula is C18H19FN4O2. The highest BCUT2D eigenvalue weighted by molar-refractivity contribution is 5.86. The van der Waals surface area contributed by atoms with E-state index in [1.165, 1.54) is 18.5 Å². The molecule has 1 saturated carbocycles. The fraction of sp³-hybridized carbons (Fsp3) is 0.333. The Morgan fingerprint density at radius 1 is 1.12 bits per heavy atom. The van der Waals surface area contributed by atoms with Gasteiger partial charge in [0.15, 0.2) is 0 Å². The molecule has 1 aliphatic carbocycles. The average molecular weight is 342 g/mol. The summed E-state index contributed by atoms with van der Waals surface area (Å²) in [5, 5.41) is 21.7. The minimum absolute atomic E-state index is 0.123. The molecule has 130 valence electrons. The smallest absolute Gasteiger partial charge is 0.145 e. The van der Waals surface area contributed by atoms with Crippen LogP contribution in [0.4, 0.5) is 10.2 Å². The van der Waals surface area contributed by atoms with Crippen molar-refractivity contribution >= 4 is 16.9 Å². The number of hydrogen-bond donors (Lipinski definition) is 3. The number of aliphatic hydroxyl groups excluding tert-OH is 2. The molecule has 1 aromatic carbocycles. The molecule has 2 aromatic heterocycles. The van der Waals surface area contributed by atoms with Gasteiger partial charge in [0.25, 0.3) is 0 Å². The molecule has 0 amide bonds. The maximum Gasteiger partial charge on any atom is 0.145 e. The topological polar surface area (TPSA) is 97.2 Å². The molecule has 2 heterocycles. The summed E-state index contributed by atoms with van der Waals surface area (Å²) in [4.78, 5) is 8.23. The van der Waals surface area contributed by atoms with Gasteiger partial charge in [0.2, 0.25) is 0 Å². The van der Waals surface area contributed by atoms with Crippen LogP contribution in [0.5, 0.6) is 0 Å². The van der Waals surface area contributed by atoms with Crippen molar-refractivity contribution in [1.82, 2.24) is 14.5 Å². The molecule has 3 aromatic rings. The highest BCUT2D eigenvalue weighted by Gasteiger charge is 2.42. The lowest BCUT2D eigenvalue weighted by Gasteiger charge is -2.19. The molecule has 7 heteroatoms. The molecule has 1 aliphatic rings. The number of nitrogens with two attached hydrogens (primary N) is 1. The minimum Gasteiger partial charge on any atom is -0.390 e. The molecule has 0 aliphatic heterocycles. The second-order valence-corrected chi connectivity index (χ2v) is 6.59. The number of rotatable bonds is 3. The lowest BCUT2D eigenvalue weighted by Crippen LogP contribution is -2.30. The number of anilines is 1. The van der Waals surface area contributed by atoms with E-state index in [4.69, 9.17) is 5.73 Å². The monoisotopic (exact) mass is 342 g/mol. The Bertz CT molecular complexity index is 896. The fourth-order valence-corrected chi connectivity index (χ4v) is 3.76. The van der Waals surface area contributed by atoms with Gasteiger partial charge in [-0.15, -0.1) is 0 Å². The number of fused-ring (bicyclic) bond motifs is 1.